The molecule has 1 aromatic heterocycles. The molecule has 3 heterocycles. The van der Waals surface area contributed by atoms with Gasteiger partial charge in [0.15, 0.2) is 0 Å². The van der Waals surface area contributed by atoms with Crippen LogP contribution >= 0.6 is 0 Å². The topological polar surface area (TPSA) is 46.6 Å². The number of rotatable bonds is 9. The number of benzene rings is 4. The van der Waals surface area contributed by atoms with E-state index in [-0.39, 0.29) is 0 Å². The molecule has 4 aromatic carbocycles. The number of allylic oxidation sites excluding steroid dienone is 3. The highest BCUT2D eigenvalue weighted by atomic mass is 16.6. The van der Waals surface area contributed by atoms with Crippen molar-refractivity contribution in [2.45, 2.75) is 53.4 Å². The fourth-order valence-corrected chi connectivity index (χ4v) is 7.45. The molecule has 2 aliphatic heterocycles. The predicted octanol–water partition coefficient (Wildman–Crippen LogP) is 9.28. The summed E-state index contributed by atoms with van der Waals surface area (Å²) in [6.45, 7) is 6.69. The van der Waals surface area contributed by atoms with Gasteiger partial charge in [0, 0.05) is 17.3 Å². The summed E-state index contributed by atoms with van der Waals surface area (Å²) >= 11 is 0. The predicted molar refractivity (Wildman–Crippen MR) is 201 cm³/mol. The van der Waals surface area contributed by atoms with Gasteiger partial charge >= 0.3 is 6.55 Å². The van der Waals surface area contributed by atoms with Crippen molar-refractivity contribution < 1.29 is 9.31 Å². The van der Waals surface area contributed by atoms with E-state index in [4.69, 9.17) is 14.3 Å². The molecule has 5 heteroatoms. The van der Waals surface area contributed by atoms with Crippen molar-refractivity contribution in [2.75, 3.05) is 0 Å². The molecule has 0 radical (unpaired) electrons. The summed E-state index contributed by atoms with van der Waals surface area (Å²) in [7, 11) is 0. The van der Waals surface area contributed by atoms with Crippen LogP contribution in [0.15, 0.2) is 155 Å². The Hall–Kier alpha value is -5.29. The quantitative estimate of drug-likeness (QED) is 0.165. The molecule has 48 heavy (non-hydrogen) atoms. The first-order valence-corrected chi connectivity index (χ1v) is 17.4. The molecule has 0 fully saturated rings. The van der Waals surface area contributed by atoms with E-state index in [1.165, 1.54) is 27.8 Å². The van der Waals surface area contributed by atoms with Gasteiger partial charge in [0.2, 0.25) is 0 Å². The lowest BCUT2D eigenvalue weighted by molar-refractivity contribution is 0.310. The summed E-state index contributed by atoms with van der Waals surface area (Å²) < 4.78 is 14.6. The van der Waals surface area contributed by atoms with E-state index >= 15 is 0 Å². The molecule has 1 N–H and O–H groups in total. The van der Waals surface area contributed by atoms with Gasteiger partial charge in [-0.25, -0.2) is 4.99 Å². The number of aromatic amines is 1. The fourth-order valence-electron chi connectivity index (χ4n) is 7.45. The minimum absolute atomic E-state index is 0.730. The Bertz CT molecular complexity index is 2000. The van der Waals surface area contributed by atoms with Crippen LogP contribution in [0, 0.1) is 0 Å². The molecule has 0 atom stereocenters. The summed E-state index contributed by atoms with van der Waals surface area (Å²) in [6.07, 6.45) is 5.57. The van der Waals surface area contributed by atoms with Gasteiger partial charge in [-0.15, -0.1) is 10.9 Å². The largest absolute Gasteiger partial charge is 0.674 e. The van der Waals surface area contributed by atoms with Gasteiger partial charge in [0.1, 0.15) is 11.5 Å². The van der Waals surface area contributed by atoms with Crippen LogP contribution in [0.25, 0.3) is 17.0 Å². The van der Waals surface area contributed by atoms with Crippen LogP contribution in [0.2, 0.25) is 0 Å². The molecular formula is C43H42BN2O2-. The van der Waals surface area contributed by atoms with Crippen LogP contribution in [0.1, 0.15) is 62.9 Å². The van der Waals surface area contributed by atoms with Gasteiger partial charge in [0.25, 0.3) is 0 Å². The normalized spacial score (nSPS) is 17.1. The molecule has 0 bridgehead atoms. The lowest BCUT2D eigenvalue weighted by Gasteiger charge is -2.48. The van der Waals surface area contributed by atoms with E-state index in [0.717, 1.165) is 76.5 Å². The van der Waals surface area contributed by atoms with Crippen LogP contribution in [0.5, 0.6) is 0 Å². The van der Waals surface area contributed by atoms with E-state index in [0.29, 0.717) is 0 Å². The maximum atomic E-state index is 7.32. The Morgan fingerprint density at radius 2 is 1.04 bits per heavy atom. The molecule has 240 valence electrons. The molecule has 0 aliphatic carbocycles. The monoisotopic (exact) mass is 629 g/mol. The number of nitrogens with zero attached hydrogens (tertiary/aromatic N) is 1. The molecule has 4 nitrogen and oxygen atoms in total. The number of aliphatic imine (C=N–C) groups is 1. The maximum absolute atomic E-state index is 7.32. The standard InChI is InChI=1S/C43H42BN2O2/c1-5-34-36(7-3)42(45-40(34)30-21-13-9-14-22-30)38-29-39(43-37(8-4)35(6-2)41(46-43)31-23-15-10-16-24-31)48-44(47-38,32-25-17-11-18-26-32)33-27-19-12-20-28-33/h9-29,45H,5-8H2,1-4H3/q-1/b43-39+. The van der Waals surface area contributed by atoms with Gasteiger partial charge in [-0.3, -0.25) is 0 Å². The van der Waals surface area contributed by atoms with Crippen molar-refractivity contribution in [1.82, 2.24) is 4.98 Å². The van der Waals surface area contributed by atoms with Gasteiger partial charge < -0.3 is 14.3 Å². The number of hydrogen-bond donors (Lipinski definition) is 1. The molecule has 0 unspecified atom stereocenters. The number of hydrogen-bond acceptors (Lipinski definition) is 3. The second-order valence-electron chi connectivity index (χ2n) is 12.4. The molecule has 5 aromatic rings. The number of aromatic nitrogens is 1. The molecular weight excluding hydrogens is 587 g/mol. The maximum Gasteiger partial charge on any atom is 0.406 e. The van der Waals surface area contributed by atoms with Crippen molar-refractivity contribution in [3.63, 3.8) is 0 Å². The smallest absolute Gasteiger partial charge is 0.406 e. The number of H-pyrrole nitrogens is 1. The third-order valence-corrected chi connectivity index (χ3v) is 9.71. The highest BCUT2D eigenvalue weighted by molar-refractivity contribution is 6.93. The van der Waals surface area contributed by atoms with Crippen molar-refractivity contribution in [2.24, 2.45) is 4.99 Å². The van der Waals surface area contributed by atoms with Crippen LogP contribution in [-0.2, 0) is 22.2 Å². The Morgan fingerprint density at radius 3 is 1.56 bits per heavy atom. The van der Waals surface area contributed by atoms with Crippen molar-refractivity contribution in [1.29, 1.82) is 0 Å². The Kier molecular flexibility index (Phi) is 8.77. The molecule has 0 amide bonds. The van der Waals surface area contributed by atoms with Crippen molar-refractivity contribution >= 4 is 28.9 Å². The van der Waals surface area contributed by atoms with E-state index in [1.807, 2.05) is 12.1 Å². The Balaban J connectivity index is 1.53. The third-order valence-electron chi connectivity index (χ3n) is 9.71. The SMILES string of the molecule is CCC1=C(CC)/C(=C2/C=C(c3[nH]c(-c4ccccc4)c(CC)c3CC)O[B-](c3ccccc3)(c3ccccc3)O2)N=C1c1ccccc1. The summed E-state index contributed by atoms with van der Waals surface area (Å²) in [5.74, 6) is 1.50. The zero-order valence-electron chi connectivity index (χ0n) is 28.3. The summed E-state index contributed by atoms with van der Waals surface area (Å²) in [4.78, 5) is 9.25. The highest BCUT2D eigenvalue weighted by Gasteiger charge is 2.41. The van der Waals surface area contributed by atoms with E-state index in [9.17, 15) is 0 Å². The summed E-state index contributed by atoms with van der Waals surface area (Å²) in [5.41, 5.74) is 13.3. The van der Waals surface area contributed by atoms with Crippen molar-refractivity contribution in [3.05, 3.63) is 172 Å². The van der Waals surface area contributed by atoms with Crippen molar-refractivity contribution in [3.8, 4) is 11.3 Å². The average Bonchev–Trinajstić information content (AvgIpc) is 3.74. The molecule has 2 aliphatic rings. The third kappa shape index (κ3) is 5.43. The van der Waals surface area contributed by atoms with Crippen LogP contribution in [-0.4, -0.2) is 17.2 Å². The second-order valence-corrected chi connectivity index (χ2v) is 12.4. The second kappa shape index (κ2) is 13.4. The minimum Gasteiger partial charge on any atom is -0.674 e. The first-order chi connectivity index (χ1) is 23.6. The van der Waals surface area contributed by atoms with E-state index in [1.54, 1.807) is 0 Å². The molecule has 0 saturated carbocycles. The molecule has 0 saturated heterocycles. The number of nitrogens with one attached hydrogen (secondary N) is 1. The van der Waals surface area contributed by atoms with Crippen LogP contribution in [0.4, 0.5) is 0 Å². The zero-order chi connectivity index (χ0) is 33.1. The minimum atomic E-state index is -2.20. The first kappa shape index (κ1) is 31.3. The molecule has 0 spiro atoms. The lowest BCUT2D eigenvalue weighted by Crippen LogP contribution is -2.63. The first-order valence-electron chi connectivity index (χ1n) is 17.4. The van der Waals surface area contributed by atoms with E-state index < -0.39 is 6.55 Å². The summed E-state index contributed by atoms with van der Waals surface area (Å²) in [5, 5.41) is 0. The van der Waals surface area contributed by atoms with Gasteiger partial charge in [0.05, 0.1) is 17.2 Å². The zero-order valence-corrected chi connectivity index (χ0v) is 28.3. The van der Waals surface area contributed by atoms with Gasteiger partial charge in [-0.1, -0.05) is 149 Å². The van der Waals surface area contributed by atoms with Gasteiger partial charge in [-0.05, 0) is 53.5 Å². The fraction of sp³-hybridized carbons (Fsp3) is 0.186. The summed E-state index contributed by atoms with van der Waals surface area (Å²) in [6, 6.07) is 41.9. The van der Waals surface area contributed by atoms with Gasteiger partial charge in [-0.2, -0.15) is 0 Å². The average molecular weight is 630 g/mol. The highest BCUT2D eigenvalue weighted by Crippen LogP contribution is 2.41. The van der Waals surface area contributed by atoms with Crippen LogP contribution in [0.3, 0.4) is 0 Å². The van der Waals surface area contributed by atoms with E-state index in [2.05, 4.69) is 148 Å². The lowest BCUT2D eigenvalue weighted by atomic mass is 9.45. The Labute approximate surface area is 284 Å². The molecule has 7 rings (SSSR count). The Morgan fingerprint density at radius 1 is 0.542 bits per heavy atom. The van der Waals surface area contributed by atoms with Crippen LogP contribution < -0.4 is 10.9 Å².